The third kappa shape index (κ3) is 4.48. The normalized spacial score (nSPS) is 17.0. The molecule has 0 radical (unpaired) electrons. The maximum absolute atomic E-state index is 5.76. The quantitative estimate of drug-likeness (QED) is 0.776. The Balaban J connectivity index is 2.05. The first-order valence-electron chi connectivity index (χ1n) is 8.04. The van der Waals surface area contributed by atoms with E-state index in [1.54, 1.807) is 0 Å². The van der Waals surface area contributed by atoms with Gasteiger partial charge in [0.2, 0.25) is 0 Å². The van der Waals surface area contributed by atoms with Crippen LogP contribution in [0, 0.1) is 5.92 Å². The SMILES string of the molecule is CCCNC(CC1CCC1)c1cncc(OC(C)C)c1. The second-order valence-electron chi connectivity index (χ2n) is 6.16. The van der Waals surface area contributed by atoms with E-state index in [2.05, 4.69) is 23.3 Å². The van der Waals surface area contributed by atoms with Gasteiger partial charge in [0.25, 0.3) is 0 Å². The van der Waals surface area contributed by atoms with Gasteiger partial charge < -0.3 is 10.1 Å². The van der Waals surface area contributed by atoms with Crippen LogP contribution in [0.3, 0.4) is 0 Å². The van der Waals surface area contributed by atoms with E-state index in [1.165, 1.54) is 31.2 Å². The minimum absolute atomic E-state index is 0.195. The fraction of sp³-hybridized carbons (Fsp3) is 0.706. The van der Waals surface area contributed by atoms with Crippen molar-refractivity contribution in [2.75, 3.05) is 6.54 Å². The second kappa shape index (κ2) is 7.63. The topological polar surface area (TPSA) is 34.2 Å². The van der Waals surface area contributed by atoms with Crippen molar-refractivity contribution in [1.82, 2.24) is 10.3 Å². The highest BCUT2D eigenvalue weighted by Crippen LogP contribution is 2.35. The molecule has 20 heavy (non-hydrogen) atoms. The molecule has 0 spiro atoms. The number of nitrogens with one attached hydrogen (secondary N) is 1. The van der Waals surface area contributed by atoms with E-state index >= 15 is 0 Å². The summed E-state index contributed by atoms with van der Waals surface area (Å²) in [5.74, 6) is 1.77. The summed E-state index contributed by atoms with van der Waals surface area (Å²) in [7, 11) is 0. The summed E-state index contributed by atoms with van der Waals surface area (Å²) < 4.78 is 5.76. The standard InChI is InChI=1S/C17H28N2O/c1-4-8-19-17(9-14-6-5-7-14)15-10-16(12-18-11-15)20-13(2)3/h10-14,17,19H,4-9H2,1-3H3. The number of nitrogens with zero attached hydrogens (tertiary/aromatic N) is 1. The van der Waals surface area contributed by atoms with Crippen molar-refractivity contribution < 1.29 is 4.74 Å². The van der Waals surface area contributed by atoms with Crippen molar-refractivity contribution >= 4 is 0 Å². The number of hydrogen-bond donors (Lipinski definition) is 1. The van der Waals surface area contributed by atoms with Gasteiger partial charge in [-0.15, -0.1) is 0 Å². The molecule has 1 N–H and O–H groups in total. The Morgan fingerprint density at radius 1 is 1.35 bits per heavy atom. The summed E-state index contributed by atoms with van der Waals surface area (Å²) >= 11 is 0. The van der Waals surface area contributed by atoms with Gasteiger partial charge in [-0.05, 0) is 50.8 Å². The smallest absolute Gasteiger partial charge is 0.138 e. The van der Waals surface area contributed by atoms with Gasteiger partial charge >= 0.3 is 0 Å². The Labute approximate surface area is 123 Å². The van der Waals surface area contributed by atoms with Crippen LogP contribution in [-0.4, -0.2) is 17.6 Å². The van der Waals surface area contributed by atoms with Crippen molar-refractivity contribution in [3.8, 4) is 5.75 Å². The molecule has 1 unspecified atom stereocenters. The number of ether oxygens (including phenoxy) is 1. The van der Waals surface area contributed by atoms with E-state index in [-0.39, 0.29) is 6.10 Å². The zero-order chi connectivity index (χ0) is 14.4. The largest absolute Gasteiger partial charge is 0.489 e. The first-order valence-corrected chi connectivity index (χ1v) is 8.04. The Hall–Kier alpha value is -1.09. The highest BCUT2D eigenvalue weighted by Gasteiger charge is 2.23. The predicted octanol–water partition coefficient (Wildman–Crippen LogP) is 4.10. The third-order valence-electron chi connectivity index (χ3n) is 3.94. The first-order chi connectivity index (χ1) is 9.69. The summed E-state index contributed by atoms with van der Waals surface area (Å²) in [6, 6.07) is 2.57. The van der Waals surface area contributed by atoms with Gasteiger partial charge in [-0.1, -0.05) is 26.2 Å². The lowest BCUT2D eigenvalue weighted by atomic mass is 9.80. The molecule has 1 aromatic rings. The molecule has 0 aliphatic heterocycles. The van der Waals surface area contributed by atoms with E-state index in [4.69, 9.17) is 4.74 Å². The number of pyridine rings is 1. The Morgan fingerprint density at radius 3 is 2.75 bits per heavy atom. The molecule has 112 valence electrons. The Bertz CT molecular complexity index is 402. The molecule has 0 amide bonds. The van der Waals surface area contributed by atoms with Crippen molar-refractivity contribution in [1.29, 1.82) is 0 Å². The van der Waals surface area contributed by atoms with Gasteiger partial charge in [0.05, 0.1) is 12.3 Å². The minimum atomic E-state index is 0.195. The molecule has 2 rings (SSSR count). The van der Waals surface area contributed by atoms with Crippen molar-refractivity contribution in [3.05, 3.63) is 24.0 Å². The van der Waals surface area contributed by atoms with Gasteiger partial charge in [0.1, 0.15) is 5.75 Å². The summed E-state index contributed by atoms with van der Waals surface area (Å²) in [5.41, 5.74) is 1.27. The highest BCUT2D eigenvalue weighted by molar-refractivity contribution is 5.26. The third-order valence-corrected chi connectivity index (χ3v) is 3.94. The van der Waals surface area contributed by atoms with E-state index in [0.29, 0.717) is 6.04 Å². The molecule has 0 bridgehead atoms. The molecule has 1 saturated carbocycles. The molecule has 1 fully saturated rings. The van der Waals surface area contributed by atoms with Crippen molar-refractivity contribution in [2.24, 2.45) is 5.92 Å². The second-order valence-corrected chi connectivity index (χ2v) is 6.16. The zero-order valence-electron chi connectivity index (χ0n) is 13.1. The Morgan fingerprint density at radius 2 is 2.15 bits per heavy atom. The van der Waals surface area contributed by atoms with Crippen molar-refractivity contribution in [2.45, 2.75) is 65.0 Å². The minimum Gasteiger partial charge on any atom is -0.489 e. The summed E-state index contributed by atoms with van der Waals surface area (Å²) in [6.07, 6.45) is 10.6. The number of rotatable bonds is 8. The number of hydrogen-bond acceptors (Lipinski definition) is 3. The van der Waals surface area contributed by atoms with E-state index in [1.807, 2.05) is 26.2 Å². The molecule has 3 heteroatoms. The van der Waals surface area contributed by atoms with Gasteiger partial charge in [-0.2, -0.15) is 0 Å². The molecule has 0 aromatic carbocycles. The van der Waals surface area contributed by atoms with Gasteiger partial charge in [0, 0.05) is 12.2 Å². The lowest BCUT2D eigenvalue weighted by molar-refractivity contribution is 0.239. The fourth-order valence-corrected chi connectivity index (χ4v) is 2.68. The van der Waals surface area contributed by atoms with Gasteiger partial charge in [-0.3, -0.25) is 4.98 Å². The maximum Gasteiger partial charge on any atom is 0.138 e. The lowest BCUT2D eigenvalue weighted by Crippen LogP contribution is -2.26. The van der Waals surface area contributed by atoms with Gasteiger partial charge in [-0.25, -0.2) is 0 Å². The van der Waals surface area contributed by atoms with Crippen LogP contribution in [0.5, 0.6) is 5.75 Å². The molecule has 1 aliphatic rings. The zero-order valence-corrected chi connectivity index (χ0v) is 13.1. The molecular weight excluding hydrogens is 248 g/mol. The van der Waals surface area contributed by atoms with Crippen LogP contribution in [0.4, 0.5) is 0 Å². The average molecular weight is 276 g/mol. The summed E-state index contributed by atoms with van der Waals surface area (Å²) in [6.45, 7) is 7.37. The fourth-order valence-electron chi connectivity index (χ4n) is 2.68. The molecule has 1 aromatic heterocycles. The Kier molecular flexibility index (Phi) is 5.84. The van der Waals surface area contributed by atoms with Crippen LogP contribution in [0.2, 0.25) is 0 Å². The van der Waals surface area contributed by atoms with Crippen LogP contribution in [-0.2, 0) is 0 Å². The average Bonchev–Trinajstić information content (AvgIpc) is 2.36. The highest BCUT2D eigenvalue weighted by atomic mass is 16.5. The van der Waals surface area contributed by atoms with Crippen LogP contribution in [0.15, 0.2) is 18.5 Å². The molecular formula is C17H28N2O. The van der Waals surface area contributed by atoms with Crippen molar-refractivity contribution in [3.63, 3.8) is 0 Å². The summed E-state index contributed by atoms with van der Waals surface area (Å²) in [5, 5.41) is 3.67. The van der Waals surface area contributed by atoms with E-state index < -0.39 is 0 Å². The molecule has 1 heterocycles. The van der Waals surface area contributed by atoms with E-state index in [0.717, 1.165) is 24.6 Å². The molecule has 1 atom stereocenters. The predicted molar refractivity (Wildman–Crippen MR) is 83.0 cm³/mol. The van der Waals surface area contributed by atoms with Crippen LogP contribution >= 0.6 is 0 Å². The monoisotopic (exact) mass is 276 g/mol. The number of aromatic nitrogens is 1. The molecule has 1 aliphatic carbocycles. The molecule has 3 nitrogen and oxygen atoms in total. The first kappa shape index (κ1) is 15.3. The maximum atomic E-state index is 5.76. The van der Waals surface area contributed by atoms with Gasteiger partial charge in [0.15, 0.2) is 0 Å². The lowest BCUT2D eigenvalue weighted by Gasteiger charge is -2.30. The van der Waals surface area contributed by atoms with Crippen LogP contribution in [0.25, 0.3) is 0 Å². The molecule has 0 saturated heterocycles. The van der Waals surface area contributed by atoms with Crippen LogP contribution in [0.1, 0.15) is 64.5 Å². The van der Waals surface area contributed by atoms with E-state index in [9.17, 15) is 0 Å². The van der Waals surface area contributed by atoms with Crippen LogP contribution < -0.4 is 10.1 Å². The summed E-state index contributed by atoms with van der Waals surface area (Å²) in [4.78, 5) is 4.35.